The van der Waals surface area contributed by atoms with Gasteiger partial charge in [-0.05, 0) is 29.6 Å². The van der Waals surface area contributed by atoms with E-state index in [4.69, 9.17) is 0 Å². The van der Waals surface area contributed by atoms with Crippen molar-refractivity contribution in [2.24, 2.45) is 0 Å². The number of anilines is 3. The maximum atomic E-state index is 12.3. The first-order valence-corrected chi connectivity index (χ1v) is 10.7. The van der Waals surface area contributed by atoms with E-state index in [0.29, 0.717) is 35.0 Å². The van der Waals surface area contributed by atoms with Gasteiger partial charge < -0.3 is 16.0 Å². The van der Waals surface area contributed by atoms with Crippen molar-refractivity contribution in [1.29, 1.82) is 0 Å². The lowest BCUT2D eigenvalue weighted by Gasteiger charge is -2.08. The molecule has 0 spiro atoms. The second kappa shape index (κ2) is 9.94. The van der Waals surface area contributed by atoms with Crippen LogP contribution in [-0.4, -0.2) is 22.7 Å². The van der Waals surface area contributed by atoms with Crippen LogP contribution in [0.1, 0.15) is 23.9 Å². The Hall–Kier alpha value is -3.04. The van der Waals surface area contributed by atoms with Crippen molar-refractivity contribution in [2.45, 2.75) is 26.2 Å². The van der Waals surface area contributed by atoms with Gasteiger partial charge >= 0.3 is 0 Å². The normalized spacial score (nSPS) is 10.4. The predicted octanol–water partition coefficient (Wildman–Crippen LogP) is 3.92. The average molecular weight is 429 g/mol. The summed E-state index contributed by atoms with van der Waals surface area (Å²) in [4.78, 5) is 41.1. The van der Waals surface area contributed by atoms with Crippen molar-refractivity contribution in [1.82, 2.24) is 4.98 Å². The zero-order chi connectivity index (χ0) is 20.6. The van der Waals surface area contributed by atoms with Crippen molar-refractivity contribution in [2.75, 3.05) is 16.0 Å². The van der Waals surface area contributed by atoms with E-state index in [0.717, 1.165) is 4.88 Å². The SMILES string of the molecule is CCC(=O)Nc1cccc(NC(=O)Cc2csc(NC(=O)Cc3cccs3)n2)c1. The summed E-state index contributed by atoms with van der Waals surface area (Å²) < 4.78 is 0. The van der Waals surface area contributed by atoms with E-state index >= 15 is 0 Å². The van der Waals surface area contributed by atoms with Gasteiger partial charge in [-0.25, -0.2) is 4.98 Å². The minimum absolute atomic E-state index is 0.0862. The lowest BCUT2D eigenvalue weighted by molar-refractivity contribution is -0.116. The summed E-state index contributed by atoms with van der Waals surface area (Å²) >= 11 is 2.81. The van der Waals surface area contributed by atoms with Gasteiger partial charge in [0.25, 0.3) is 0 Å². The molecule has 0 saturated heterocycles. The van der Waals surface area contributed by atoms with Crippen molar-refractivity contribution < 1.29 is 14.4 Å². The van der Waals surface area contributed by atoms with Crippen LogP contribution in [0.25, 0.3) is 0 Å². The summed E-state index contributed by atoms with van der Waals surface area (Å²) in [5.74, 6) is -0.459. The van der Waals surface area contributed by atoms with Crippen molar-refractivity contribution in [3.05, 3.63) is 57.7 Å². The topological polar surface area (TPSA) is 100 Å². The maximum Gasteiger partial charge on any atom is 0.231 e. The number of thiazole rings is 1. The Morgan fingerprint density at radius 3 is 2.31 bits per heavy atom. The number of hydrogen-bond acceptors (Lipinski definition) is 6. The van der Waals surface area contributed by atoms with Crippen LogP contribution in [-0.2, 0) is 27.2 Å². The highest BCUT2D eigenvalue weighted by Gasteiger charge is 2.11. The summed E-state index contributed by atoms with van der Waals surface area (Å²) in [7, 11) is 0. The van der Waals surface area contributed by atoms with Crippen LogP contribution in [0.4, 0.5) is 16.5 Å². The largest absolute Gasteiger partial charge is 0.326 e. The molecule has 2 aromatic heterocycles. The smallest absolute Gasteiger partial charge is 0.231 e. The Balaban J connectivity index is 1.51. The lowest BCUT2D eigenvalue weighted by Crippen LogP contribution is -2.16. The zero-order valence-corrected chi connectivity index (χ0v) is 17.4. The third kappa shape index (κ3) is 6.51. The fourth-order valence-corrected chi connectivity index (χ4v) is 3.90. The molecule has 0 radical (unpaired) electrons. The molecule has 3 aromatic rings. The standard InChI is InChI=1S/C20H20N4O3S2/c1-2-17(25)21-13-5-3-6-14(9-13)22-18(26)10-15-12-29-20(23-15)24-19(27)11-16-7-4-8-28-16/h3-9,12H,2,10-11H2,1H3,(H,21,25)(H,22,26)(H,23,24,27). The van der Waals surface area contributed by atoms with E-state index in [-0.39, 0.29) is 24.1 Å². The summed E-state index contributed by atoms with van der Waals surface area (Å²) in [6.07, 6.45) is 0.771. The first-order chi connectivity index (χ1) is 14.0. The van der Waals surface area contributed by atoms with E-state index in [1.165, 1.54) is 22.7 Å². The highest BCUT2D eigenvalue weighted by Crippen LogP contribution is 2.19. The third-order valence-corrected chi connectivity index (χ3v) is 5.49. The highest BCUT2D eigenvalue weighted by atomic mass is 32.1. The number of aromatic nitrogens is 1. The van der Waals surface area contributed by atoms with Crippen molar-refractivity contribution in [3.8, 4) is 0 Å². The Morgan fingerprint density at radius 2 is 1.62 bits per heavy atom. The molecule has 0 aliphatic carbocycles. The first-order valence-electron chi connectivity index (χ1n) is 8.98. The second-order valence-corrected chi connectivity index (χ2v) is 8.05. The van der Waals surface area contributed by atoms with Crippen LogP contribution in [0.3, 0.4) is 0 Å². The highest BCUT2D eigenvalue weighted by molar-refractivity contribution is 7.14. The van der Waals surface area contributed by atoms with E-state index in [9.17, 15) is 14.4 Å². The van der Waals surface area contributed by atoms with Crippen LogP contribution >= 0.6 is 22.7 Å². The molecule has 29 heavy (non-hydrogen) atoms. The van der Waals surface area contributed by atoms with E-state index in [1.807, 2.05) is 17.5 Å². The van der Waals surface area contributed by atoms with Crippen LogP contribution in [0.2, 0.25) is 0 Å². The molecule has 0 saturated carbocycles. The number of rotatable bonds is 8. The van der Waals surface area contributed by atoms with Gasteiger partial charge in [-0.15, -0.1) is 22.7 Å². The van der Waals surface area contributed by atoms with Crippen LogP contribution in [0.5, 0.6) is 0 Å². The van der Waals surface area contributed by atoms with E-state index in [2.05, 4.69) is 20.9 Å². The molecule has 0 atom stereocenters. The Bertz CT molecular complexity index is 999. The Morgan fingerprint density at radius 1 is 0.897 bits per heavy atom. The molecule has 0 aliphatic heterocycles. The number of carbonyl (C=O) groups excluding carboxylic acids is 3. The molecule has 1 aromatic carbocycles. The number of carbonyl (C=O) groups is 3. The van der Waals surface area contributed by atoms with Crippen LogP contribution < -0.4 is 16.0 Å². The average Bonchev–Trinajstić information content (AvgIpc) is 3.34. The molecule has 0 aliphatic rings. The first kappa shape index (κ1) is 20.7. The number of nitrogens with zero attached hydrogens (tertiary/aromatic N) is 1. The monoisotopic (exact) mass is 428 g/mol. The van der Waals surface area contributed by atoms with E-state index in [1.54, 1.807) is 36.6 Å². The summed E-state index contributed by atoms with van der Waals surface area (Å²) in [5, 5.41) is 12.4. The van der Waals surface area contributed by atoms with Gasteiger partial charge in [0.1, 0.15) is 0 Å². The van der Waals surface area contributed by atoms with Crippen molar-refractivity contribution in [3.63, 3.8) is 0 Å². The number of amides is 3. The molecular formula is C20H20N4O3S2. The third-order valence-electron chi connectivity index (χ3n) is 3.81. The molecule has 0 fully saturated rings. The van der Waals surface area contributed by atoms with Crippen molar-refractivity contribution >= 4 is 56.9 Å². The molecule has 0 bridgehead atoms. The molecule has 2 heterocycles. The quantitative estimate of drug-likeness (QED) is 0.506. The molecule has 7 nitrogen and oxygen atoms in total. The molecule has 3 rings (SSSR count). The summed E-state index contributed by atoms with van der Waals surface area (Å²) in [6, 6.07) is 10.8. The van der Waals surface area contributed by atoms with Crippen LogP contribution in [0, 0.1) is 0 Å². The summed E-state index contributed by atoms with van der Waals surface area (Å²) in [6.45, 7) is 1.77. The number of nitrogens with one attached hydrogen (secondary N) is 3. The minimum Gasteiger partial charge on any atom is -0.326 e. The second-order valence-electron chi connectivity index (χ2n) is 6.16. The van der Waals surface area contributed by atoms with Crippen LogP contribution in [0.15, 0.2) is 47.2 Å². The Kier molecular flexibility index (Phi) is 7.09. The number of thiophene rings is 1. The summed E-state index contributed by atoms with van der Waals surface area (Å²) in [5.41, 5.74) is 1.79. The molecule has 0 unspecified atom stereocenters. The fraction of sp³-hybridized carbons (Fsp3) is 0.200. The minimum atomic E-state index is -0.231. The van der Waals surface area contributed by atoms with Gasteiger partial charge in [-0.1, -0.05) is 19.1 Å². The predicted molar refractivity (Wildman–Crippen MR) is 116 cm³/mol. The molecule has 3 amide bonds. The number of benzene rings is 1. The fourth-order valence-electron chi connectivity index (χ4n) is 2.47. The maximum absolute atomic E-state index is 12.3. The number of hydrogen-bond donors (Lipinski definition) is 3. The van der Waals surface area contributed by atoms with Gasteiger partial charge in [0.15, 0.2) is 5.13 Å². The molecule has 150 valence electrons. The zero-order valence-electron chi connectivity index (χ0n) is 15.7. The van der Waals surface area contributed by atoms with Gasteiger partial charge in [0.05, 0.1) is 18.5 Å². The molecular weight excluding hydrogens is 408 g/mol. The molecule has 3 N–H and O–H groups in total. The van der Waals surface area contributed by atoms with Gasteiger partial charge in [0, 0.05) is 28.1 Å². The van der Waals surface area contributed by atoms with Gasteiger partial charge in [-0.3, -0.25) is 14.4 Å². The van der Waals surface area contributed by atoms with Gasteiger partial charge in [0.2, 0.25) is 17.7 Å². The molecule has 9 heteroatoms. The van der Waals surface area contributed by atoms with E-state index < -0.39 is 0 Å². The lowest BCUT2D eigenvalue weighted by atomic mass is 10.2. The van der Waals surface area contributed by atoms with Gasteiger partial charge in [-0.2, -0.15) is 0 Å². The Labute approximate surface area is 176 Å².